The molecule has 0 aromatic rings. The molecule has 0 N–H and O–H groups in total. The van der Waals surface area contributed by atoms with Crippen LogP contribution in [0.15, 0.2) is 5.11 Å². The summed E-state index contributed by atoms with van der Waals surface area (Å²) < 4.78 is 10.6. The first-order valence-corrected chi connectivity index (χ1v) is 3.71. The van der Waals surface area contributed by atoms with Gasteiger partial charge in [-0.25, -0.2) is 0 Å². The highest BCUT2D eigenvalue weighted by atomic mass is 16.7. The maximum Gasteiger partial charge on any atom is 0.166 e. The molecule has 60 valence electrons. The van der Waals surface area contributed by atoms with E-state index >= 15 is 0 Å². The first-order chi connectivity index (χ1) is 5.40. The molecule has 2 rings (SSSR count). The summed E-state index contributed by atoms with van der Waals surface area (Å²) in [5, 5.41) is 3.59. The lowest BCUT2D eigenvalue weighted by atomic mass is 10.1. The normalized spacial score (nSPS) is 41.6. The zero-order valence-corrected chi connectivity index (χ0v) is 6.01. The van der Waals surface area contributed by atoms with Crippen molar-refractivity contribution in [1.29, 1.82) is 0 Å². The summed E-state index contributed by atoms with van der Waals surface area (Å²) in [5.74, 6) is 0. The van der Waals surface area contributed by atoms with Crippen molar-refractivity contribution >= 4 is 0 Å². The predicted octanol–water partition coefficient (Wildman–Crippen LogP) is 1.20. The Morgan fingerprint density at radius 2 is 2.36 bits per heavy atom. The molecular weight excluding hydrogens is 146 g/mol. The molecular formula is C6H9N3O2. The largest absolute Gasteiger partial charge is 0.350 e. The Bertz CT molecular complexity index is 202. The van der Waals surface area contributed by atoms with Crippen molar-refractivity contribution in [2.45, 2.75) is 31.3 Å². The number of fused-ring (bicyclic) bond motifs is 2. The van der Waals surface area contributed by atoms with E-state index in [0.717, 1.165) is 12.8 Å². The van der Waals surface area contributed by atoms with Crippen molar-refractivity contribution in [3.05, 3.63) is 10.4 Å². The van der Waals surface area contributed by atoms with Gasteiger partial charge in [-0.1, -0.05) is 5.11 Å². The maximum absolute atomic E-state index is 8.19. The molecule has 5 nitrogen and oxygen atoms in total. The fourth-order valence-corrected chi connectivity index (χ4v) is 1.49. The fraction of sp³-hybridized carbons (Fsp3) is 1.00. The van der Waals surface area contributed by atoms with Gasteiger partial charge in [0, 0.05) is 4.91 Å². The van der Waals surface area contributed by atoms with Crippen molar-refractivity contribution in [2.24, 2.45) is 5.11 Å². The average molecular weight is 155 g/mol. The maximum atomic E-state index is 8.19. The minimum atomic E-state index is -0.273. The van der Waals surface area contributed by atoms with Gasteiger partial charge in [0.15, 0.2) is 6.29 Å². The SMILES string of the molecule is [N-]=[N+]=NC1CCC2COC1O2. The first kappa shape index (κ1) is 6.91. The molecule has 5 heteroatoms. The second-order valence-corrected chi connectivity index (χ2v) is 2.81. The van der Waals surface area contributed by atoms with Gasteiger partial charge in [0.2, 0.25) is 0 Å². The third-order valence-electron chi connectivity index (χ3n) is 2.07. The van der Waals surface area contributed by atoms with Gasteiger partial charge in [-0.3, -0.25) is 0 Å². The number of rotatable bonds is 1. The standard InChI is InChI=1S/C6H9N3O2/c7-9-8-5-2-1-4-3-10-6(5)11-4/h4-6H,1-3H2. The van der Waals surface area contributed by atoms with Crippen molar-refractivity contribution in [3.8, 4) is 0 Å². The molecule has 0 aromatic carbocycles. The Hall–Kier alpha value is -0.770. The van der Waals surface area contributed by atoms with Crippen LogP contribution in [0.2, 0.25) is 0 Å². The molecule has 2 fully saturated rings. The number of azide groups is 1. The van der Waals surface area contributed by atoms with Crippen LogP contribution in [0.5, 0.6) is 0 Å². The Kier molecular flexibility index (Phi) is 1.69. The zero-order valence-electron chi connectivity index (χ0n) is 6.01. The molecule has 0 aliphatic carbocycles. The van der Waals surface area contributed by atoms with Crippen LogP contribution in [-0.2, 0) is 9.47 Å². The lowest BCUT2D eigenvalue weighted by Gasteiger charge is -2.23. The molecule has 11 heavy (non-hydrogen) atoms. The van der Waals surface area contributed by atoms with Crippen LogP contribution in [0.1, 0.15) is 12.8 Å². The van der Waals surface area contributed by atoms with E-state index in [1.54, 1.807) is 0 Å². The van der Waals surface area contributed by atoms with E-state index in [4.69, 9.17) is 15.0 Å². The van der Waals surface area contributed by atoms with E-state index < -0.39 is 0 Å². The van der Waals surface area contributed by atoms with Gasteiger partial charge in [-0.2, -0.15) is 0 Å². The van der Waals surface area contributed by atoms with Gasteiger partial charge in [-0.15, -0.1) is 0 Å². The van der Waals surface area contributed by atoms with Crippen LogP contribution >= 0.6 is 0 Å². The smallest absolute Gasteiger partial charge is 0.166 e. The summed E-state index contributed by atoms with van der Waals surface area (Å²) in [5.41, 5.74) is 8.19. The van der Waals surface area contributed by atoms with Crippen LogP contribution < -0.4 is 0 Å². The third kappa shape index (κ3) is 1.18. The van der Waals surface area contributed by atoms with Crippen LogP contribution in [0, 0.1) is 0 Å². The second-order valence-electron chi connectivity index (χ2n) is 2.81. The van der Waals surface area contributed by atoms with E-state index in [1.165, 1.54) is 0 Å². The van der Waals surface area contributed by atoms with Gasteiger partial charge in [0.05, 0.1) is 18.8 Å². The van der Waals surface area contributed by atoms with Gasteiger partial charge < -0.3 is 9.47 Å². The highest BCUT2D eigenvalue weighted by Gasteiger charge is 2.37. The molecule has 0 amide bonds. The van der Waals surface area contributed by atoms with Crippen molar-refractivity contribution in [1.82, 2.24) is 0 Å². The average Bonchev–Trinajstić information content (AvgIpc) is 2.40. The molecule has 2 bridgehead atoms. The number of hydrogen-bond acceptors (Lipinski definition) is 3. The summed E-state index contributed by atoms with van der Waals surface area (Å²) in [7, 11) is 0. The van der Waals surface area contributed by atoms with Gasteiger partial charge in [-0.05, 0) is 18.4 Å². The third-order valence-corrected chi connectivity index (χ3v) is 2.07. The second kappa shape index (κ2) is 2.70. The molecule has 2 heterocycles. The highest BCUT2D eigenvalue weighted by Crippen LogP contribution is 2.28. The lowest BCUT2D eigenvalue weighted by Crippen LogP contribution is -2.30. The van der Waals surface area contributed by atoms with Crippen LogP contribution in [0.4, 0.5) is 0 Å². The van der Waals surface area contributed by atoms with Crippen molar-refractivity contribution in [3.63, 3.8) is 0 Å². The van der Waals surface area contributed by atoms with Gasteiger partial charge in [0.25, 0.3) is 0 Å². The molecule has 2 aliphatic heterocycles. The molecule has 3 unspecified atom stereocenters. The number of ether oxygens (including phenoxy) is 2. The fourth-order valence-electron chi connectivity index (χ4n) is 1.49. The Morgan fingerprint density at radius 1 is 1.45 bits per heavy atom. The Labute approximate surface area is 63.9 Å². The molecule has 0 saturated carbocycles. The van der Waals surface area contributed by atoms with Gasteiger partial charge in [0.1, 0.15) is 0 Å². The Balaban J connectivity index is 2.06. The van der Waals surface area contributed by atoms with E-state index in [1.807, 2.05) is 0 Å². The first-order valence-electron chi connectivity index (χ1n) is 3.71. The van der Waals surface area contributed by atoms with E-state index in [9.17, 15) is 0 Å². The van der Waals surface area contributed by atoms with Crippen molar-refractivity contribution in [2.75, 3.05) is 6.61 Å². The van der Waals surface area contributed by atoms with Crippen LogP contribution in [0.3, 0.4) is 0 Å². The summed E-state index contributed by atoms with van der Waals surface area (Å²) in [6.07, 6.45) is 1.80. The van der Waals surface area contributed by atoms with E-state index in [0.29, 0.717) is 6.61 Å². The summed E-state index contributed by atoms with van der Waals surface area (Å²) >= 11 is 0. The number of nitrogens with zero attached hydrogens (tertiary/aromatic N) is 3. The summed E-state index contributed by atoms with van der Waals surface area (Å²) in [6, 6.07) is -0.112. The topological polar surface area (TPSA) is 67.2 Å². The van der Waals surface area contributed by atoms with Crippen molar-refractivity contribution < 1.29 is 9.47 Å². The monoisotopic (exact) mass is 155 g/mol. The molecule has 2 saturated heterocycles. The summed E-state index contributed by atoms with van der Waals surface area (Å²) in [4.78, 5) is 2.74. The number of hydrogen-bond donors (Lipinski definition) is 0. The van der Waals surface area contributed by atoms with Crippen LogP contribution in [-0.4, -0.2) is 25.0 Å². The van der Waals surface area contributed by atoms with E-state index in [-0.39, 0.29) is 18.4 Å². The summed E-state index contributed by atoms with van der Waals surface area (Å²) in [6.45, 7) is 0.655. The minimum Gasteiger partial charge on any atom is -0.350 e. The minimum absolute atomic E-state index is 0.112. The molecule has 2 aliphatic rings. The highest BCUT2D eigenvalue weighted by molar-refractivity contribution is 4.83. The van der Waals surface area contributed by atoms with Crippen LogP contribution in [0.25, 0.3) is 10.4 Å². The quantitative estimate of drug-likeness (QED) is 0.324. The molecule has 0 radical (unpaired) electrons. The zero-order chi connectivity index (χ0) is 7.68. The molecule has 0 spiro atoms. The molecule has 3 atom stereocenters. The molecule has 0 aromatic heterocycles. The lowest BCUT2D eigenvalue weighted by molar-refractivity contribution is -0.0940. The van der Waals surface area contributed by atoms with E-state index in [2.05, 4.69) is 10.0 Å². The predicted molar refractivity (Wildman–Crippen MR) is 36.8 cm³/mol. The Morgan fingerprint density at radius 3 is 3.18 bits per heavy atom. The van der Waals surface area contributed by atoms with Gasteiger partial charge >= 0.3 is 0 Å².